The summed E-state index contributed by atoms with van der Waals surface area (Å²) in [5, 5.41) is 3.92. The molecule has 0 radical (unpaired) electrons. The van der Waals surface area contributed by atoms with E-state index in [0.717, 1.165) is 12.0 Å². The molecule has 17 heavy (non-hydrogen) atoms. The van der Waals surface area contributed by atoms with Crippen LogP contribution in [0.5, 0.6) is 5.75 Å². The predicted octanol–water partition coefficient (Wildman–Crippen LogP) is 4.42. The van der Waals surface area contributed by atoms with Crippen LogP contribution in [0, 0.1) is 5.82 Å². The van der Waals surface area contributed by atoms with E-state index >= 15 is 0 Å². The Morgan fingerprint density at radius 2 is 2.24 bits per heavy atom. The molecule has 1 unspecified atom stereocenters. The quantitative estimate of drug-likeness (QED) is 0.748. The summed E-state index contributed by atoms with van der Waals surface area (Å²) >= 11 is 7.95. The van der Waals surface area contributed by atoms with Crippen molar-refractivity contribution in [2.45, 2.75) is 11.8 Å². The zero-order valence-corrected chi connectivity index (χ0v) is 10.9. The van der Waals surface area contributed by atoms with Gasteiger partial charge in [-0.1, -0.05) is 6.07 Å². The first-order chi connectivity index (χ1) is 8.20. The molecule has 0 aliphatic rings. The molecule has 0 amide bonds. The van der Waals surface area contributed by atoms with Gasteiger partial charge in [0.05, 0.1) is 12.5 Å². The van der Waals surface area contributed by atoms with Crippen LogP contribution in [-0.2, 0) is 6.42 Å². The van der Waals surface area contributed by atoms with Gasteiger partial charge in [0.15, 0.2) is 11.6 Å². The highest BCUT2D eigenvalue weighted by atomic mass is 35.5. The molecule has 0 aliphatic carbocycles. The Balaban J connectivity index is 2.16. The predicted molar refractivity (Wildman–Crippen MR) is 69.6 cm³/mol. The van der Waals surface area contributed by atoms with Crippen LogP contribution in [0.2, 0.25) is 0 Å². The van der Waals surface area contributed by atoms with Crippen molar-refractivity contribution in [3.05, 3.63) is 52.0 Å². The van der Waals surface area contributed by atoms with Crippen LogP contribution >= 0.6 is 22.9 Å². The molecule has 2 rings (SSSR count). The van der Waals surface area contributed by atoms with Crippen molar-refractivity contribution in [3.8, 4) is 5.75 Å². The summed E-state index contributed by atoms with van der Waals surface area (Å²) in [5.74, 6) is -0.130. The first kappa shape index (κ1) is 12.4. The number of hydrogen-bond donors (Lipinski definition) is 0. The lowest BCUT2D eigenvalue weighted by Gasteiger charge is -2.10. The van der Waals surface area contributed by atoms with E-state index in [1.54, 1.807) is 23.5 Å². The van der Waals surface area contributed by atoms with Crippen LogP contribution in [0.15, 0.2) is 35.0 Å². The maximum atomic E-state index is 13.2. The molecule has 0 N–H and O–H groups in total. The molecule has 2 aromatic rings. The summed E-state index contributed by atoms with van der Waals surface area (Å²) in [6.07, 6.45) is 0.736. The SMILES string of the molecule is COc1cc(C(Cl)Cc2ccsc2)ccc1F. The largest absolute Gasteiger partial charge is 0.494 e. The van der Waals surface area contributed by atoms with Gasteiger partial charge in [0.2, 0.25) is 0 Å². The van der Waals surface area contributed by atoms with Crippen LogP contribution in [0.4, 0.5) is 4.39 Å². The minimum Gasteiger partial charge on any atom is -0.494 e. The third-order valence-electron chi connectivity index (χ3n) is 2.53. The normalized spacial score (nSPS) is 12.4. The number of alkyl halides is 1. The highest BCUT2D eigenvalue weighted by molar-refractivity contribution is 7.07. The zero-order valence-electron chi connectivity index (χ0n) is 9.32. The van der Waals surface area contributed by atoms with E-state index in [-0.39, 0.29) is 16.9 Å². The van der Waals surface area contributed by atoms with Crippen molar-refractivity contribution in [2.24, 2.45) is 0 Å². The summed E-state index contributed by atoms with van der Waals surface area (Å²) in [5.41, 5.74) is 2.06. The lowest BCUT2D eigenvalue weighted by atomic mass is 10.1. The zero-order chi connectivity index (χ0) is 12.3. The van der Waals surface area contributed by atoms with E-state index in [0.29, 0.717) is 0 Å². The van der Waals surface area contributed by atoms with Crippen molar-refractivity contribution >= 4 is 22.9 Å². The number of rotatable bonds is 4. The Hall–Kier alpha value is -1.06. The highest BCUT2D eigenvalue weighted by Crippen LogP contribution is 2.29. The third kappa shape index (κ3) is 2.99. The fourth-order valence-corrected chi connectivity index (χ4v) is 2.60. The number of thiophene rings is 1. The van der Waals surface area contributed by atoms with Gasteiger partial charge in [0, 0.05) is 0 Å². The fraction of sp³-hybridized carbons (Fsp3) is 0.231. The molecule has 0 fully saturated rings. The monoisotopic (exact) mass is 270 g/mol. The molecular formula is C13H12ClFOS. The van der Waals surface area contributed by atoms with Crippen molar-refractivity contribution < 1.29 is 9.13 Å². The molecule has 1 aromatic carbocycles. The number of methoxy groups -OCH3 is 1. The Kier molecular flexibility index (Phi) is 4.02. The van der Waals surface area contributed by atoms with Gasteiger partial charge >= 0.3 is 0 Å². The van der Waals surface area contributed by atoms with E-state index in [4.69, 9.17) is 16.3 Å². The van der Waals surface area contributed by atoms with Gasteiger partial charge < -0.3 is 4.74 Å². The van der Waals surface area contributed by atoms with E-state index in [1.165, 1.54) is 18.7 Å². The lowest BCUT2D eigenvalue weighted by Crippen LogP contribution is -1.97. The van der Waals surface area contributed by atoms with Crippen LogP contribution in [-0.4, -0.2) is 7.11 Å². The minimum absolute atomic E-state index is 0.168. The molecule has 90 valence electrons. The lowest BCUT2D eigenvalue weighted by molar-refractivity contribution is 0.386. The average Bonchev–Trinajstić information content (AvgIpc) is 2.82. The van der Waals surface area contributed by atoms with Gasteiger partial charge in [-0.3, -0.25) is 0 Å². The van der Waals surface area contributed by atoms with E-state index in [9.17, 15) is 4.39 Å². The molecule has 1 aromatic heterocycles. The van der Waals surface area contributed by atoms with Crippen molar-refractivity contribution in [3.63, 3.8) is 0 Å². The van der Waals surface area contributed by atoms with Gasteiger partial charge in [-0.05, 0) is 46.5 Å². The van der Waals surface area contributed by atoms with Crippen molar-refractivity contribution in [2.75, 3.05) is 7.11 Å². The Morgan fingerprint density at radius 3 is 2.88 bits per heavy atom. The number of benzene rings is 1. The van der Waals surface area contributed by atoms with E-state index in [2.05, 4.69) is 5.38 Å². The molecule has 0 bridgehead atoms. The molecule has 1 nitrogen and oxygen atoms in total. The van der Waals surface area contributed by atoms with Crippen LogP contribution in [0.3, 0.4) is 0 Å². The van der Waals surface area contributed by atoms with E-state index < -0.39 is 0 Å². The molecule has 1 atom stereocenters. The molecule has 1 heterocycles. The number of ether oxygens (including phenoxy) is 1. The first-order valence-corrected chi connectivity index (χ1v) is 6.57. The standard InChI is InChI=1S/C13H12ClFOS/c1-16-13-7-10(2-3-12(13)15)11(14)6-9-4-5-17-8-9/h2-5,7-8,11H,6H2,1H3. The second-order valence-corrected chi connectivity index (χ2v) is 5.00. The topological polar surface area (TPSA) is 9.23 Å². The van der Waals surface area contributed by atoms with Gasteiger partial charge in [-0.25, -0.2) is 4.39 Å². The smallest absolute Gasteiger partial charge is 0.165 e. The first-order valence-electron chi connectivity index (χ1n) is 5.19. The Bertz CT molecular complexity index is 484. The molecule has 4 heteroatoms. The molecular weight excluding hydrogens is 259 g/mol. The summed E-state index contributed by atoms with van der Waals surface area (Å²) in [6, 6.07) is 6.78. The summed E-state index contributed by atoms with van der Waals surface area (Å²) in [7, 11) is 1.45. The van der Waals surface area contributed by atoms with Crippen LogP contribution < -0.4 is 4.74 Å². The second-order valence-electron chi connectivity index (χ2n) is 3.70. The number of hydrogen-bond acceptors (Lipinski definition) is 2. The highest BCUT2D eigenvalue weighted by Gasteiger charge is 2.12. The van der Waals surface area contributed by atoms with Crippen LogP contribution in [0.1, 0.15) is 16.5 Å². The number of halogens is 2. The molecule has 0 saturated heterocycles. The summed E-state index contributed by atoms with van der Waals surface area (Å²) < 4.78 is 18.2. The average molecular weight is 271 g/mol. The second kappa shape index (κ2) is 5.52. The Morgan fingerprint density at radius 1 is 1.41 bits per heavy atom. The minimum atomic E-state index is -0.365. The van der Waals surface area contributed by atoms with Crippen molar-refractivity contribution in [1.82, 2.24) is 0 Å². The van der Waals surface area contributed by atoms with Gasteiger partial charge in [-0.15, -0.1) is 11.6 Å². The van der Waals surface area contributed by atoms with Gasteiger partial charge in [-0.2, -0.15) is 11.3 Å². The molecule has 0 aliphatic heterocycles. The van der Waals surface area contributed by atoms with Gasteiger partial charge in [0.1, 0.15) is 0 Å². The summed E-state index contributed by atoms with van der Waals surface area (Å²) in [4.78, 5) is 0. The van der Waals surface area contributed by atoms with Gasteiger partial charge in [0.25, 0.3) is 0 Å². The maximum Gasteiger partial charge on any atom is 0.165 e. The van der Waals surface area contributed by atoms with Crippen molar-refractivity contribution in [1.29, 1.82) is 0 Å². The van der Waals surface area contributed by atoms with Crippen LogP contribution in [0.25, 0.3) is 0 Å². The summed E-state index contributed by atoms with van der Waals surface area (Å²) in [6.45, 7) is 0. The third-order valence-corrected chi connectivity index (χ3v) is 3.67. The fourth-order valence-electron chi connectivity index (χ4n) is 1.60. The molecule has 0 saturated carbocycles. The Labute approximate surface area is 109 Å². The van der Waals surface area contributed by atoms with E-state index in [1.807, 2.05) is 11.4 Å². The molecule has 0 spiro atoms. The maximum absolute atomic E-state index is 13.2.